The molecular weight excluding hydrogens is 254 g/mol. The summed E-state index contributed by atoms with van der Waals surface area (Å²) in [7, 11) is 1.52. The summed E-state index contributed by atoms with van der Waals surface area (Å²) < 4.78 is 0. The van der Waals surface area contributed by atoms with Crippen LogP contribution in [0.25, 0.3) is 17.0 Å². The molecule has 2 amide bonds. The number of fused-ring (bicyclic) bond motifs is 1. The minimum Gasteiger partial charge on any atom is -0.358 e. The molecule has 0 unspecified atom stereocenters. The summed E-state index contributed by atoms with van der Waals surface area (Å²) in [5, 5.41) is 5.92. The Balaban J connectivity index is 2.02. The fraction of sp³-hybridized carbons (Fsp3) is 0.133. The molecule has 2 rings (SSSR count). The monoisotopic (exact) mass is 269 g/mol. The van der Waals surface area contributed by atoms with Crippen LogP contribution < -0.4 is 10.6 Å². The average molecular weight is 269 g/mol. The second-order valence-electron chi connectivity index (χ2n) is 4.19. The van der Waals surface area contributed by atoms with Crippen LogP contribution in [0.5, 0.6) is 0 Å². The van der Waals surface area contributed by atoms with E-state index in [9.17, 15) is 9.59 Å². The van der Waals surface area contributed by atoms with Crippen molar-refractivity contribution in [2.75, 3.05) is 13.6 Å². The molecule has 0 atom stereocenters. The van der Waals surface area contributed by atoms with Gasteiger partial charge in [-0.1, -0.05) is 18.2 Å². The first-order valence-electron chi connectivity index (χ1n) is 6.20. The number of benzene rings is 1. The number of rotatable bonds is 4. The summed E-state index contributed by atoms with van der Waals surface area (Å²) in [6.45, 7) is -0.0321. The molecule has 5 nitrogen and oxygen atoms in total. The van der Waals surface area contributed by atoms with Crippen molar-refractivity contribution in [1.82, 2.24) is 15.6 Å². The lowest BCUT2D eigenvalue weighted by molar-refractivity contribution is -0.123. The molecule has 2 N–H and O–H groups in total. The molecule has 2 aromatic rings. The van der Waals surface area contributed by atoms with Crippen LogP contribution in [0.1, 0.15) is 5.56 Å². The van der Waals surface area contributed by atoms with Crippen molar-refractivity contribution in [3.8, 4) is 0 Å². The number of aromatic nitrogens is 1. The molecule has 1 heterocycles. The van der Waals surface area contributed by atoms with E-state index in [1.54, 1.807) is 12.3 Å². The first kappa shape index (κ1) is 13.7. The number of nitrogens with zero attached hydrogens (tertiary/aromatic N) is 1. The molecule has 0 spiro atoms. The summed E-state index contributed by atoms with van der Waals surface area (Å²) in [4.78, 5) is 26.8. The van der Waals surface area contributed by atoms with E-state index < -0.39 is 0 Å². The maximum absolute atomic E-state index is 11.5. The van der Waals surface area contributed by atoms with Crippen LogP contribution in [-0.4, -0.2) is 30.4 Å². The second-order valence-corrected chi connectivity index (χ2v) is 4.19. The minimum absolute atomic E-state index is 0.0321. The normalized spacial score (nSPS) is 10.7. The van der Waals surface area contributed by atoms with Crippen molar-refractivity contribution in [2.45, 2.75) is 0 Å². The van der Waals surface area contributed by atoms with Gasteiger partial charge in [0.25, 0.3) is 0 Å². The molecule has 1 aromatic carbocycles. The van der Waals surface area contributed by atoms with E-state index in [4.69, 9.17) is 0 Å². The van der Waals surface area contributed by atoms with Gasteiger partial charge in [0.05, 0.1) is 12.1 Å². The maximum atomic E-state index is 11.5. The lowest BCUT2D eigenvalue weighted by Gasteiger charge is -2.00. The SMILES string of the molecule is CNC(=O)CNC(=O)/C=C/c1cnc2ccccc2c1. The van der Waals surface area contributed by atoms with Gasteiger partial charge in [0, 0.05) is 24.7 Å². The number of carbonyl (C=O) groups excluding carboxylic acids is 2. The van der Waals surface area contributed by atoms with E-state index in [2.05, 4.69) is 15.6 Å². The molecule has 5 heteroatoms. The Hall–Kier alpha value is -2.69. The van der Waals surface area contributed by atoms with Crippen LogP contribution in [0.2, 0.25) is 0 Å². The summed E-state index contributed by atoms with van der Waals surface area (Å²) in [5.41, 5.74) is 1.74. The summed E-state index contributed by atoms with van der Waals surface area (Å²) in [6, 6.07) is 9.71. The highest BCUT2D eigenvalue weighted by Crippen LogP contribution is 2.13. The smallest absolute Gasteiger partial charge is 0.244 e. The molecule has 102 valence electrons. The van der Waals surface area contributed by atoms with E-state index in [0.717, 1.165) is 16.5 Å². The number of hydrogen-bond donors (Lipinski definition) is 2. The van der Waals surface area contributed by atoms with Crippen LogP contribution in [0.3, 0.4) is 0 Å². The van der Waals surface area contributed by atoms with Crippen molar-refractivity contribution < 1.29 is 9.59 Å². The van der Waals surface area contributed by atoms with Crippen molar-refractivity contribution >= 4 is 28.8 Å². The van der Waals surface area contributed by atoms with Gasteiger partial charge in [0.2, 0.25) is 11.8 Å². The van der Waals surface area contributed by atoms with Crippen molar-refractivity contribution in [1.29, 1.82) is 0 Å². The molecule has 0 aliphatic heterocycles. The second kappa shape index (κ2) is 6.47. The van der Waals surface area contributed by atoms with Crippen molar-refractivity contribution in [2.24, 2.45) is 0 Å². The first-order chi connectivity index (χ1) is 9.69. The number of carbonyl (C=O) groups is 2. The van der Waals surface area contributed by atoms with Crippen molar-refractivity contribution in [3.63, 3.8) is 0 Å². The van der Waals surface area contributed by atoms with E-state index in [1.807, 2.05) is 30.3 Å². The number of amides is 2. The lowest BCUT2D eigenvalue weighted by atomic mass is 10.1. The van der Waals surface area contributed by atoms with E-state index in [0.29, 0.717) is 0 Å². The fourth-order valence-corrected chi connectivity index (χ4v) is 1.67. The van der Waals surface area contributed by atoms with Gasteiger partial charge in [-0.05, 0) is 23.8 Å². The van der Waals surface area contributed by atoms with Gasteiger partial charge >= 0.3 is 0 Å². The number of pyridine rings is 1. The number of likely N-dealkylation sites (N-methyl/N-ethyl adjacent to an activating group) is 1. The van der Waals surface area contributed by atoms with Crippen LogP contribution >= 0.6 is 0 Å². The zero-order valence-corrected chi connectivity index (χ0v) is 11.1. The molecule has 0 aliphatic carbocycles. The fourth-order valence-electron chi connectivity index (χ4n) is 1.67. The van der Waals surface area contributed by atoms with Gasteiger partial charge in [0.1, 0.15) is 0 Å². The zero-order valence-electron chi connectivity index (χ0n) is 11.1. The highest BCUT2D eigenvalue weighted by molar-refractivity contribution is 5.94. The third-order valence-electron chi connectivity index (χ3n) is 2.74. The largest absolute Gasteiger partial charge is 0.358 e. The van der Waals surface area contributed by atoms with Gasteiger partial charge in [0.15, 0.2) is 0 Å². The highest BCUT2D eigenvalue weighted by Gasteiger charge is 2.00. The molecule has 0 bridgehead atoms. The van der Waals surface area contributed by atoms with Crippen LogP contribution in [0, 0.1) is 0 Å². The predicted molar refractivity (Wildman–Crippen MR) is 77.9 cm³/mol. The Morgan fingerprint density at radius 2 is 2.10 bits per heavy atom. The molecule has 0 fully saturated rings. The van der Waals surface area contributed by atoms with Crippen LogP contribution in [0.15, 0.2) is 42.6 Å². The van der Waals surface area contributed by atoms with Gasteiger partial charge < -0.3 is 10.6 Å². The number of hydrogen-bond acceptors (Lipinski definition) is 3. The quantitative estimate of drug-likeness (QED) is 0.817. The lowest BCUT2D eigenvalue weighted by Crippen LogP contribution is -2.34. The van der Waals surface area contributed by atoms with Gasteiger partial charge in [-0.25, -0.2) is 0 Å². The van der Waals surface area contributed by atoms with Gasteiger partial charge in [-0.3, -0.25) is 14.6 Å². The maximum Gasteiger partial charge on any atom is 0.244 e. The Morgan fingerprint density at radius 1 is 1.30 bits per heavy atom. The van der Waals surface area contributed by atoms with Crippen LogP contribution in [0.4, 0.5) is 0 Å². The number of nitrogens with one attached hydrogen (secondary N) is 2. The Bertz CT molecular complexity index is 665. The molecular formula is C15H15N3O2. The number of para-hydroxylation sites is 1. The van der Waals surface area contributed by atoms with Gasteiger partial charge in [-0.15, -0.1) is 0 Å². The molecule has 20 heavy (non-hydrogen) atoms. The molecule has 1 aromatic heterocycles. The Morgan fingerprint density at radius 3 is 2.90 bits per heavy atom. The third kappa shape index (κ3) is 3.65. The Kier molecular flexibility index (Phi) is 4.44. The van der Waals surface area contributed by atoms with Crippen LogP contribution in [-0.2, 0) is 9.59 Å². The molecule has 0 aliphatic rings. The molecule has 0 saturated heterocycles. The predicted octanol–water partition coefficient (Wildman–Crippen LogP) is 1.11. The minimum atomic E-state index is -0.318. The van der Waals surface area contributed by atoms with Gasteiger partial charge in [-0.2, -0.15) is 0 Å². The highest BCUT2D eigenvalue weighted by atomic mass is 16.2. The Labute approximate surface area is 116 Å². The van der Waals surface area contributed by atoms with E-state index in [1.165, 1.54) is 13.1 Å². The van der Waals surface area contributed by atoms with E-state index in [-0.39, 0.29) is 18.4 Å². The summed E-state index contributed by atoms with van der Waals surface area (Å²) in [6.07, 6.45) is 4.75. The zero-order chi connectivity index (χ0) is 14.4. The summed E-state index contributed by atoms with van der Waals surface area (Å²) in [5.74, 6) is -0.555. The average Bonchev–Trinajstić information content (AvgIpc) is 2.50. The standard InChI is InChI=1S/C15H15N3O2/c1-16-15(20)10-18-14(19)7-6-11-8-12-4-2-3-5-13(12)17-9-11/h2-9H,10H2,1H3,(H,16,20)(H,18,19)/b7-6+. The van der Waals surface area contributed by atoms with Crippen molar-refractivity contribution in [3.05, 3.63) is 48.2 Å². The summed E-state index contributed by atoms with van der Waals surface area (Å²) >= 11 is 0. The third-order valence-corrected chi connectivity index (χ3v) is 2.74. The topological polar surface area (TPSA) is 71.1 Å². The van der Waals surface area contributed by atoms with E-state index >= 15 is 0 Å². The molecule has 0 saturated carbocycles. The molecule has 0 radical (unpaired) electrons. The first-order valence-corrected chi connectivity index (χ1v) is 6.20.